The summed E-state index contributed by atoms with van der Waals surface area (Å²) in [4.78, 5) is 24.0. The van der Waals surface area contributed by atoms with E-state index in [4.69, 9.17) is 16.3 Å². The van der Waals surface area contributed by atoms with Crippen molar-refractivity contribution in [2.75, 3.05) is 5.32 Å². The number of amides is 3. The molecule has 5 nitrogen and oxygen atoms in total. The highest BCUT2D eigenvalue weighted by molar-refractivity contribution is 6.32. The number of urea groups is 1. The number of hydrogen-bond donors (Lipinski definition) is 2. The van der Waals surface area contributed by atoms with Crippen LogP contribution in [0, 0.1) is 25.5 Å². The normalized spacial score (nSPS) is 10.4. The van der Waals surface area contributed by atoms with Gasteiger partial charge in [-0.15, -0.1) is 0 Å². The maximum Gasteiger partial charge on any atom is 0.326 e. The largest absolute Gasteiger partial charge is 0.456 e. The highest BCUT2D eigenvalue weighted by Crippen LogP contribution is 2.33. The highest BCUT2D eigenvalue weighted by atomic mass is 35.5. The van der Waals surface area contributed by atoms with E-state index in [9.17, 15) is 18.4 Å². The number of anilines is 1. The molecule has 0 aliphatic heterocycles. The van der Waals surface area contributed by atoms with Gasteiger partial charge >= 0.3 is 6.03 Å². The molecule has 3 aromatic rings. The smallest absolute Gasteiger partial charge is 0.326 e. The highest BCUT2D eigenvalue weighted by Gasteiger charge is 2.19. The van der Waals surface area contributed by atoms with Gasteiger partial charge < -0.3 is 10.1 Å². The molecule has 0 atom stereocenters. The summed E-state index contributed by atoms with van der Waals surface area (Å²) in [5, 5.41) is 4.47. The molecule has 0 fully saturated rings. The molecule has 2 N–H and O–H groups in total. The Morgan fingerprint density at radius 3 is 2.23 bits per heavy atom. The molecule has 0 unspecified atom stereocenters. The molecule has 0 spiro atoms. The molecule has 8 heteroatoms. The van der Waals surface area contributed by atoms with E-state index < -0.39 is 29.1 Å². The molecule has 154 valence electrons. The van der Waals surface area contributed by atoms with E-state index in [1.54, 1.807) is 6.07 Å². The van der Waals surface area contributed by atoms with Gasteiger partial charge in [-0.05, 0) is 55.8 Å². The number of carbonyl (C=O) groups excluding carboxylic acids is 2. The third-order valence-corrected chi connectivity index (χ3v) is 4.45. The lowest BCUT2D eigenvalue weighted by molar-refractivity contribution is 0.0959. The van der Waals surface area contributed by atoms with Gasteiger partial charge in [-0.2, -0.15) is 0 Å². The van der Waals surface area contributed by atoms with E-state index in [0.29, 0.717) is 11.5 Å². The van der Waals surface area contributed by atoms with Gasteiger partial charge in [-0.3, -0.25) is 10.1 Å². The zero-order valence-corrected chi connectivity index (χ0v) is 16.8. The van der Waals surface area contributed by atoms with Gasteiger partial charge in [-0.1, -0.05) is 35.4 Å². The standard InChI is InChI=1S/C22H17ClF2N2O3/c1-12-6-8-18(13(2)10-12)30-19-9-7-14(11-15(19)23)26-22(29)27-21(28)20-16(24)4-3-5-17(20)25/h3-11H,1-2H3,(H2,26,27,28,29). The van der Waals surface area contributed by atoms with Gasteiger partial charge in [0.1, 0.15) is 28.7 Å². The third kappa shape index (κ3) is 4.93. The van der Waals surface area contributed by atoms with E-state index in [-0.39, 0.29) is 10.7 Å². The summed E-state index contributed by atoms with van der Waals surface area (Å²) in [5.74, 6) is -2.34. The monoisotopic (exact) mass is 430 g/mol. The molecule has 0 bridgehead atoms. The molecule has 0 saturated heterocycles. The Hall–Kier alpha value is -3.45. The van der Waals surface area contributed by atoms with Crippen LogP contribution in [0.15, 0.2) is 54.6 Å². The zero-order valence-electron chi connectivity index (χ0n) is 16.1. The predicted octanol–water partition coefficient (Wildman–Crippen LogP) is 5.99. The number of aryl methyl sites for hydroxylation is 2. The minimum absolute atomic E-state index is 0.222. The fourth-order valence-corrected chi connectivity index (χ4v) is 2.96. The maximum atomic E-state index is 13.6. The number of imide groups is 1. The molecule has 0 saturated carbocycles. The fraction of sp³-hybridized carbons (Fsp3) is 0.0909. The van der Waals surface area contributed by atoms with Crippen molar-refractivity contribution in [3.63, 3.8) is 0 Å². The Labute approximate surface area is 176 Å². The summed E-state index contributed by atoms with van der Waals surface area (Å²) in [7, 11) is 0. The topological polar surface area (TPSA) is 67.4 Å². The van der Waals surface area contributed by atoms with Gasteiger partial charge in [0.25, 0.3) is 5.91 Å². The van der Waals surface area contributed by atoms with Crippen LogP contribution in [-0.2, 0) is 0 Å². The quantitative estimate of drug-likeness (QED) is 0.534. The van der Waals surface area contributed by atoms with E-state index in [2.05, 4.69) is 5.32 Å². The Bertz CT molecular complexity index is 1120. The van der Waals surface area contributed by atoms with Crippen LogP contribution in [0.3, 0.4) is 0 Å². The molecule has 3 amide bonds. The summed E-state index contributed by atoms with van der Waals surface area (Å²) in [6, 6.07) is 12.2. The first-order valence-electron chi connectivity index (χ1n) is 8.85. The van der Waals surface area contributed by atoms with Gasteiger partial charge in [0, 0.05) is 5.69 Å². The van der Waals surface area contributed by atoms with E-state index in [1.807, 2.05) is 37.4 Å². The number of rotatable bonds is 4. The Morgan fingerprint density at radius 2 is 1.60 bits per heavy atom. The van der Waals surface area contributed by atoms with Crippen molar-refractivity contribution in [2.45, 2.75) is 13.8 Å². The predicted molar refractivity (Wildman–Crippen MR) is 110 cm³/mol. The van der Waals surface area contributed by atoms with Crippen molar-refractivity contribution in [1.29, 1.82) is 0 Å². The fourth-order valence-electron chi connectivity index (χ4n) is 2.74. The van der Waals surface area contributed by atoms with Crippen LogP contribution in [0.2, 0.25) is 5.02 Å². The Morgan fingerprint density at radius 1 is 0.933 bits per heavy atom. The molecule has 0 aliphatic carbocycles. The summed E-state index contributed by atoms with van der Waals surface area (Å²) in [6.07, 6.45) is 0. The molecular weight excluding hydrogens is 414 g/mol. The maximum absolute atomic E-state index is 13.6. The van der Waals surface area contributed by atoms with Crippen molar-refractivity contribution in [2.24, 2.45) is 0 Å². The number of ether oxygens (including phenoxy) is 1. The van der Waals surface area contributed by atoms with Crippen molar-refractivity contribution in [1.82, 2.24) is 5.32 Å². The first-order valence-corrected chi connectivity index (χ1v) is 9.23. The molecule has 3 rings (SSSR count). The molecule has 3 aromatic carbocycles. The first-order chi connectivity index (χ1) is 14.2. The first kappa shape index (κ1) is 21.3. The number of hydrogen-bond acceptors (Lipinski definition) is 3. The molecule has 0 aliphatic rings. The number of benzene rings is 3. The second-order valence-corrected chi connectivity index (χ2v) is 6.93. The molecule has 30 heavy (non-hydrogen) atoms. The SMILES string of the molecule is Cc1ccc(Oc2ccc(NC(=O)NC(=O)c3c(F)cccc3F)cc2Cl)c(C)c1. The molecular formula is C22H17ClF2N2O3. The summed E-state index contributed by atoms with van der Waals surface area (Å²) >= 11 is 6.23. The lowest BCUT2D eigenvalue weighted by atomic mass is 10.1. The van der Waals surface area contributed by atoms with E-state index >= 15 is 0 Å². The van der Waals surface area contributed by atoms with Crippen LogP contribution in [0.4, 0.5) is 19.3 Å². The second kappa shape index (κ2) is 8.92. The number of carbonyl (C=O) groups is 2. The van der Waals surface area contributed by atoms with Crippen LogP contribution < -0.4 is 15.4 Å². The van der Waals surface area contributed by atoms with Gasteiger partial charge in [-0.25, -0.2) is 13.6 Å². The summed E-state index contributed by atoms with van der Waals surface area (Å²) in [6.45, 7) is 3.88. The van der Waals surface area contributed by atoms with Crippen molar-refractivity contribution >= 4 is 29.2 Å². The van der Waals surface area contributed by atoms with Crippen molar-refractivity contribution in [3.05, 3.63) is 87.9 Å². The minimum Gasteiger partial charge on any atom is -0.456 e. The second-order valence-electron chi connectivity index (χ2n) is 6.52. The van der Waals surface area contributed by atoms with Crippen LogP contribution in [0.5, 0.6) is 11.5 Å². The zero-order chi connectivity index (χ0) is 21.8. The minimum atomic E-state index is -1.20. The lowest BCUT2D eigenvalue weighted by Gasteiger charge is -2.12. The molecule has 0 aromatic heterocycles. The lowest BCUT2D eigenvalue weighted by Crippen LogP contribution is -2.35. The van der Waals surface area contributed by atoms with Crippen LogP contribution in [-0.4, -0.2) is 11.9 Å². The van der Waals surface area contributed by atoms with Gasteiger partial charge in [0.15, 0.2) is 0 Å². The average Bonchev–Trinajstić information content (AvgIpc) is 2.65. The summed E-state index contributed by atoms with van der Waals surface area (Å²) in [5.41, 5.74) is 1.45. The third-order valence-electron chi connectivity index (χ3n) is 4.16. The van der Waals surface area contributed by atoms with Gasteiger partial charge in [0.05, 0.1) is 5.02 Å². The van der Waals surface area contributed by atoms with Crippen molar-refractivity contribution in [3.8, 4) is 11.5 Å². The van der Waals surface area contributed by atoms with Crippen LogP contribution >= 0.6 is 11.6 Å². The van der Waals surface area contributed by atoms with Crippen molar-refractivity contribution < 1.29 is 23.1 Å². The number of halogens is 3. The Balaban J connectivity index is 1.68. The average molecular weight is 431 g/mol. The summed E-state index contributed by atoms with van der Waals surface area (Å²) < 4.78 is 33.1. The van der Waals surface area contributed by atoms with E-state index in [0.717, 1.165) is 29.3 Å². The molecule has 0 heterocycles. The Kier molecular flexibility index (Phi) is 6.32. The van der Waals surface area contributed by atoms with Gasteiger partial charge in [0.2, 0.25) is 0 Å². The van der Waals surface area contributed by atoms with E-state index in [1.165, 1.54) is 12.1 Å². The van der Waals surface area contributed by atoms with Crippen LogP contribution in [0.25, 0.3) is 0 Å². The van der Waals surface area contributed by atoms with Crippen LogP contribution in [0.1, 0.15) is 21.5 Å². The molecule has 0 radical (unpaired) electrons. The number of nitrogens with one attached hydrogen (secondary N) is 2.